The van der Waals surface area contributed by atoms with Crippen LogP contribution in [0.3, 0.4) is 0 Å². The van der Waals surface area contributed by atoms with Gasteiger partial charge in [0, 0.05) is 11.5 Å². The smallest absolute Gasteiger partial charge is 0.410 e. The summed E-state index contributed by atoms with van der Waals surface area (Å²) in [5, 5.41) is 14.9. The molecule has 7 nitrogen and oxygen atoms in total. The van der Waals surface area contributed by atoms with Gasteiger partial charge >= 0.3 is 6.09 Å². The quantitative estimate of drug-likeness (QED) is 0.518. The van der Waals surface area contributed by atoms with Gasteiger partial charge in [-0.05, 0) is 44.7 Å². The highest BCUT2D eigenvalue weighted by Gasteiger charge is 2.46. The maximum atomic E-state index is 12.5. The topological polar surface area (TPSA) is 98.5 Å². The Labute approximate surface area is 141 Å². The summed E-state index contributed by atoms with van der Waals surface area (Å²) in [5.41, 5.74) is 7.26. The molecule has 1 N–H and O–H groups in total. The Morgan fingerprint density at radius 2 is 2.08 bits per heavy atom. The number of rotatable bonds is 4. The van der Waals surface area contributed by atoms with Crippen LogP contribution in [0.5, 0.6) is 0 Å². The molecule has 2 atom stereocenters. The fourth-order valence-electron chi connectivity index (χ4n) is 3.06. The first-order chi connectivity index (χ1) is 11.3. The van der Waals surface area contributed by atoms with Crippen molar-refractivity contribution in [2.75, 3.05) is 13.1 Å². The van der Waals surface area contributed by atoms with Crippen molar-refractivity contribution in [3.05, 3.63) is 46.3 Å². The number of azide groups is 1. The summed E-state index contributed by atoms with van der Waals surface area (Å²) in [6.07, 6.45) is 0.918. The van der Waals surface area contributed by atoms with Gasteiger partial charge in [-0.3, -0.25) is 0 Å². The van der Waals surface area contributed by atoms with Crippen LogP contribution in [0, 0.1) is 0 Å². The monoisotopic (exact) mass is 332 g/mol. The van der Waals surface area contributed by atoms with Crippen LogP contribution in [0.25, 0.3) is 10.4 Å². The molecule has 130 valence electrons. The van der Waals surface area contributed by atoms with Crippen LogP contribution in [0.1, 0.15) is 39.2 Å². The lowest BCUT2D eigenvalue weighted by Gasteiger charge is -2.39. The van der Waals surface area contributed by atoms with Crippen LogP contribution in [0.15, 0.2) is 35.4 Å². The highest BCUT2D eigenvalue weighted by Crippen LogP contribution is 2.36. The standard InChI is InChI=1S/C17H24N4O3/c1-16(2,3)24-15(22)21-11-7-10-14(21)17(23,12-19-20-18)13-8-5-4-6-9-13/h4-6,8-9,14,23H,7,10-12H2,1-3H3/t14-,17+/m1/s1. The third kappa shape index (κ3) is 3.99. The van der Waals surface area contributed by atoms with Crippen LogP contribution >= 0.6 is 0 Å². The molecule has 0 aliphatic carbocycles. The molecule has 1 aliphatic heterocycles. The average Bonchev–Trinajstić information content (AvgIpc) is 3.02. The zero-order valence-corrected chi connectivity index (χ0v) is 14.3. The van der Waals surface area contributed by atoms with Crippen LogP contribution in [0.2, 0.25) is 0 Å². The molecule has 0 unspecified atom stereocenters. The van der Waals surface area contributed by atoms with Crippen molar-refractivity contribution in [2.24, 2.45) is 5.11 Å². The number of likely N-dealkylation sites (tertiary alicyclic amines) is 1. The zero-order chi connectivity index (χ0) is 17.8. The van der Waals surface area contributed by atoms with Crippen molar-refractivity contribution < 1.29 is 14.6 Å². The number of benzene rings is 1. The largest absolute Gasteiger partial charge is 0.444 e. The highest BCUT2D eigenvalue weighted by molar-refractivity contribution is 5.69. The van der Waals surface area contributed by atoms with Gasteiger partial charge in [-0.25, -0.2) is 4.79 Å². The van der Waals surface area contributed by atoms with Crippen LogP contribution < -0.4 is 0 Å². The van der Waals surface area contributed by atoms with Crippen LogP contribution in [-0.2, 0) is 10.3 Å². The Hall–Kier alpha value is -2.24. The van der Waals surface area contributed by atoms with Crippen molar-refractivity contribution in [3.8, 4) is 0 Å². The lowest BCUT2D eigenvalue weighted by atomic mass is 9.85. The zero-order valence-electron chi connectivity index (χ0n) is 14.3. The maximum absolute atomic E-state index is 12.5. The first-order valence-electron chi connectivity index (χ1n) is 8.06. The number of carbonyl (C=O) groups is 1. The fourth-order valence-corrected chi connectivity index (χ4v) is 3.06. The van der Waals surface area contributed by atoms with Gasteiger partial charge in [0.2, 0.25) is 0 Å². The van der Waals surface area contributed by atoms with E-state index < -0.39 is 23.3 Å². The van der Waals surface area contributed by atoms with Gasteiger partial charge in [0.15, 0.2) is 0 Å². The van der Waals surface area contributed by atoms with E-state index in [4.69, 9.17) is 10.3 Å². The third-order valence-electron chi connectivity index (χ3n) is 4.08. The molecular formula is C17H24N4O3. The van der Waals surface area contributed by atoms with E-state index in [2.05, 4.69) is 10.0 Å². The second kappa shape index (κ2) is 7.11. The normalized spacial score (nSPS) is 20.2. The highest BCUT2D eigenvalue weighted by atomic mass is 16.6. The molecule has 1 fully saturated rings. The first kappa shape index (κ1) is 18.1. The van der Waals surface area contributed by atoms with E-state index in [1.165, 1.54) is 0 Å². The molecule has 1 aliphatic rings. The second-order valence-corrected chi connectivity index (χ2v) is 7.01. The first-order valence-corrected chi connectivity index (χ1v) is 8.06. The lowest BCUT2D eigenvalue weighted by molar-refractivity contribution is -0.0425. The molecule has 0 spiro atoms. The van der Waals surface area contributed by atoms with Crippen LogP contribution in [-0.4, -0.2) is 40.8 Å². The summed E-state index contributed by atoms with van der Waals surface area (Å²) in [7, 11) is 0. The average molecular weight is 332 g/mol. The van der Waals surface area contributed by atoms with Gasteiger partial charge in [-0.15, -0.1) is 0 Å². The number of nitrogens with zero attached hydrogens (tertiary/aromatic N) is 4. The van der Waals surface area contributed by atoms with E-state index in [0.717, 1.165) is 6.42 Å². The molecule has 1 amide bonds. The van der Waals surface area contributed by atoms with Gasteiger partial charge in [0.25, 0.3) is 0 Å². The van der Waals surface area contributed by atoms with E-state index in [0.29, 0.717) is 18.5 Å². The predicted molar refractivity (Wildman–Crippen MR) is 90.3 cm³/mol. The Morgan fingerprint density at radius 3 is 2.67 bits per heavy atom. The third-order valence-corrected chi connectivity index (χ3v) is 4.08. The van der Waals surface area contributed by atoms with Gasteiger partial charge < -0.3 is 14.7 Å². The fraction of sp³-hybridized carbons (Fsp3) is 0.588. The molecular weight excluding hydrogens is 308 g/mol. The Bertz CT molecular complexity index is 622. The van der Waals surface area contributed by atoms with E-state index in [9.17, 15) is 9.90 Å². The SMILES string of the molecule is CC(C)(C)OC(=O)N1CCC[C@@H]1[C@](O)(CN=[N+]=[N-])c1ccccc1. The molecule has 24 heavy (non-hydrogen) atoms. The van der Waals surface area contributed by atoms with Gasteiger partial charge in [-0.2, -0.15) is 0 Å². The summed E-state index contributed by atoms with van der Waals surface area (Å²) in [5.74, 6) is 0. The minimum Gasteiger partial charge on any atom is -0.444 e. The Kier molecular flexibility index (Phi) is 5.36. The van der Waals surface area contributed by atoms with E-state index in [1.54, 1.807) is 37.8 Å². The van der Waals surface area contributed by atoms with Crippen molar-refractivity contribution in [3.63, 3.8) is 0 Å². The molecule has 0 bridgehead atoms. The van der Waals surface area contributed by atoms with E-state index in [-0.39, 0.29) is 6.54 Å². The molecule has 2 rings (SSSR count). The van der Waals surface area contributed by atoms with Crippen molar-refractivity contribution in [1.29, 1.82) is 0 Å². The van der Waals surface area contributed by atoms with Gasteiger partial charge in [0.1, 0.15) is 11.2 Å². The van der Waals surface area contributed by atoms with Crippen molar-refractivity contribution in [1.82, 2.24) is 4.90 Å². The maximum Gasteiger partial charge on any atom is 0.410 e. The Balaban J connectivity index is 2.34. The van der Waals surface area contributed by atoms with Gasteiger partial charge in [-0.1, -0.05) is 35.4 Å². The molecule has 7 heteroatoms. The van der Waals surface area contributed by atoms with Crippen molar-refractivity contribution in [2.45, 2.75) is 50.9 Å². The number of amides is 1. The predicted octanol–water partition coefficient (Wildman–Crippen LogP) is 3.58. The molecule has 0 radical (unpaired) electrons. The second-order valence-electron chi connectivity index (χ2n) is 7.01. The van der Waals surface area contributed by atoms with Gasteiger partial charge in [0.05, 0.1) is 12.6 Å². The number of carbonyl (C=O) groups excluding carboxylic acids is 1. The molecule has 0 saturated carbocycles. The lowest BCUT2D eigenvalue weighted by Crippen LogP contribution is -2.52. The summed E-state index contributed by atoms with van der Waals surface area (Å²) in [4.78, 5) is 16.8. The van der Waals surface area contributed by atoms with Crippen LogP contribution in [0.4, 0.5) is 4.79 Å². The summed E-state index contributed by atoms with van der Waals surface area (Å²) in [6.45, 7) is 5.78. The minimum atomic E-state index is -1.44. The minimum absolute atomic E-state index is 0.141. The molecule has 1 heterocycles. The number of hydrogen-bond acceptors (Lipinski definition) is 4. The summed E-state index contributed by atoms with van der Waals surface area (Å²) >= 11 is 0. The molecule has 1 aromatic rings. The molecule has 1 aromatic carbocycles. The number of ether oxygens (including phenoxy) is 1. The van der Waals surface area contributed by atoms with E-state index in [1.807, 2.05) is 18.2 Å². The molecule has 1 saturated heterocycles. The Morgan fingerprint density at radius 1 is 1.42 bits per heavy atom. The van der Waals surface area contributed by atoms with Crippen molar-refractivity contribution >= 4 is 6.09 Å². The van der Waals surface area contributed by atoms with E-state index >= 15 is 0 Å². The summed E-state index contributed by atoms with van der Waals surface area (Å²) < 4.78 is 5.46. The summed E-state index contributed by atoms with van der Waals surface area (Å²) in [6, 6.07) is 8.52. The number of hydrogen-bond donors (Lipinski definition) is 1. The molecule has 0 aromatic heterocycles. The number of aliphatic hydroxyl groups is 1.